The molecule has 0 amide bonds. The minimum absolute atomic E-state index is 0.113. The molecule has 0 radical (unpaired) electrons. The molecule has 3 nitrogen and oxygen atoms in total. The molecule has 1 aliphatic heterocycles. The number of hydrogen-bond donors (Lipinski definition) is 1. The SMILES string of the molecule is Cc1ccncc1C(N)C1(N2CCCC2)CCCC1. The molecule has 3 rings (SSSR count). The van der Waals surface area contributed by atoms with Crippen LogP contribution in [0.25, 0.3) is 0 Å². The number of likely N-dealkylation sites (tertiary alicyclic amines) is 1. The van der Waals surface area contributed by atoms with Gasteiger partial charge >= 0.3 is 0 Å². The molecule has 2 aliphatic rings. The molecular weight excluding hydrogens is 234 g/mol. The van der Waals surface area contributed by atoms with E-state index in [0.717, 1.165) is 0 Å². The molecule has 2 fully saturated rings. The van der Waals surface area contributed by atoms with Gasteiger partial charge in [-0.15, -0.1) is 0 Å². The molecule has 104 valence electrons. The van der Waals surface area contributed by atoms with Crippen molar-refractivity contribution >= 4 is 0 Å². The minimum atomic E-state index is 0.113. The number of aryl methyl sites for hydroxylation is 1. The Kier molecular flexibility index (Phi) is 3.59. The molecule has 2 N–H and O–H groups in total. The summed E-state index contributed by atoms with van der Waals surface area (Å²) in [5.74, 6) is 0. The number of nitrogens with zero attached hydrogens (tertiary/aromatic N) is 2. The van der Waals surface area contributed by atoms with Crippen LogP contribution >= 0.6 is 0 Å². The van der Waals surface area contributed by atoms with Crippen molar-refractivity contribution in [2.24, 2.45) is 5.73 Å². The van der Waals surface area contributed by atoms with Crippen molar-refractivity contribution in [3.05, 3.63) is 29.6 Å². The monoisotopic (exact) mass is 259 g/mol. The lowest BCUT2D eigenvalue weighted by atomic mass is 9.82. The second kappa shape index (κ2) is 5.22. The topological polar surface area (TPSA) is 42.1 Å². The average molecular weight is 259 g/mol. The highest BCUT2D eigenvalue weighted by atomic mass is 15.2. The molecule has 1 atom stereocenters. The van der Waals surface area contributed by atoms with Gasteiger partial charge in [-0.2, -0.15) is 0 Å². The number of hydrogen-bond acceptors (Lipinski definition) is 3. The summed E-state index contributed by atoms with van der Waals surface area (Å²) in [5, 5.41) is 0. The second-order valence-corrected chi connectivity index (χ2v) is 6.21. The van der Waals surface area contributed by atoms with Gasteiger partial charge in [-0.3, -0.25) is 9.88 Å². The van der Waals surface area contributed by atoms with E-state index in [4.69, 9.17) is 5.73 Å². The fourth-order valence-corrected chi connectivity index (χ4v) is 4.06. The van der Waals surface area contributed by atoms with E-state index in [1.165, 1.54) is 62.7 Å². The number of aromatic nitrogens is 1. The Morgan fingerprint density at radius 1 is 1.21 bits per heavy atom. The third-order valence-corrected chi connectivity index (χ3v) is 5.20. The fourth-order valence-electron chi connectivity index (χ4n) is 4.06. The van der Waals surface area contributed by atoms with E-state index in [9.17, 15) is 0 Å². The Labute approximate surface area is 116 Å². The van der Waals surface area contributed by atoms with Crippen molar-refractivity contribution in [2.45, 2.75) is 57.0 Å². The van der Waals surface area contributed by atoms with Gasteiger partial charge in [0.05, 0.1) is 0 Å². The summed E-state index contributed by atoms with van der Waals surface area (Å²) in [6, 6.07) is 2.20. The van der Waals surface area contributed by atoms with Crippen LogP contribution in [0.2, 0.25) is 0 Å². The predicted octanol–water partition coefficient (Wildman–Crippen LogP) is 2.80. The zero-order valence-electron chi connectivity index (χ0n) is 11.9. The van der Waals surface area contributed by atoms with Crippen molar-refractivity contribution in [2.75, 3.05) is 13.1 Å². The normalized spacial score (nSPS) is 24.7. The first-order valence-corrected chi connectivity index (χ1v) is 7.65. The average Bonchev–Trinajstić information content (AvgIpc) is 3.10. The minimum Gasteiger partial charge on any atom is -0.322 e. The van der Waals surface area contributed by atoms with Crippen LogP contribution in [-0.4, -0.2) is 28.5 Å². The van der Waals surface area contributed by atoms with Crippen LogP contribution in [0.3, 0.4) is 0 Å². The first kappa shape index (κ1) is 13.1. The second-order valence-electron chi connectivity index (χ2n) is 6.21. The fraction of sp³-hybridized carbons (Fsp3) is 0.688. The molecule has 1 saturated heterocycles. The number of pyridine rings is 1. The van der Waals surface area contributed by atoms with Gasteiger partial charge in [-0.25, -0.2) is 0 Å². The summed E-state index contributed by atoms with van der Waals surface area (Å²) in [6.45, 7) is 4.61. The molecule has 2 heterocycles. The Morgan fingerprint density at radius 2 is 1.89 bits per heavy atom. The summed E-state index contributed by atoms with van der Waals surface area (Å²) < 4.78 is 0. The van der Waals surface area contributed by atoms with Crippen LogP contribution < -0.4 is 5.73 Å². The largest absolute Gasteiger partial charge is 0.322 e. The summed E-state index contributed by atoms with van der Waals surface area (Å²) in [7, 11) is 0. The van der Waals surface area contributed by atoms with Crippen molar-refractivity contribution in [3.8, 4) is 0 Å². The zero-order valence-corrected chi connectivity index (χ0v) is 11.9. The van der Waals surface area contributed by atoms with E-state index < -0.39 is 0 Å². The molecule has 1 unspecified atom stereocenters. The Hall–Kier alpha value is -0.930. The Morgan fingerprint density at radius 3 is 2.53 bits per heavy atom. The molecule has 0 spiro atoms. The molecule has 1 aromatic heterocycles. The summed E-state index contributed by atoms with van der Waals surface area (Å²) in [6.07, 6.45) is 11.7. The van der Waals surface area contributed by atoms with Crippen LogP contribution in [0.5, 0.6) is 0 Å². The third kappa shape index (κ3) is 2.19. The highest BCUT2D eigenvalue weighted by Gasteiger charge is 2.46. The van der Waals surface area contributed by atoms with E-state index in [0.29, 0.717) is 0 Å². The van der Waals surface area contributed by atoms with Crippen LogP contribution in [0, 0.1) is 6.92 Å². The molecule has 1 saturated carbocycles. The summed E-state index contributed by atoms with van der Waals surface area (Å²) >= 11 is 0. The van der Waals surface area contributed by atoms with Crippen LogP contribution in [0.15, 0.2) is 18.5 Å². The first-order chi connectivity index (χ1) is 9.24. The van der Waals surface area contributed by atoms with Gasteiger partial charge < -0.3 is 5.73 Å². The molecule has 0 aromatic carbocycles. The van der Waals surface area contributed by atoms with Crippen LogP contribution in [0.1, 0.15) is 55.7 Å². The predicted molar refractivity (Wildman–Crippen MR) is 77.9 cm³/mol. The lowest BCUT2D eigenvalue weighted by molar-refractivity contribution is 0.0918. The zero-order chi connectivity index (χ0) is 13.3. The van der Waals surface area contributed by atoms with E-state index >= 15 is 0 Å². The standard InChI is InChI=1S/C16H25N3/c1-13-6-9-18-12-14(13)15(17)16(7-2-3-8-16)19-10-4-5-11-19/h6,9,12,15H,2-5,7-8,10-11,17H2,1H3. The van der Waals surface area contributed by atoms with Gasteiger partial charge in [0.25, 0.3) is 0 Å². The van der Waals surface area contributed by atoms with Crippen molar-refractivity contribution < 1.29 is 0 Å². The van der Waals surface area contributed by atoms with Gasteiger partial charge in [-0.1, -0.05) is 12.8 Å². The van der Waals surface area contributed by atoms with Gasteiger partial charge in [0.2, 0.25) is 0 Å². The van der Waals surface area contributed by atoms with Crippen LogP contribution in [0.4, 0.5) is 0 Å². The van der Waals surface area contributed by atoms with Gasteiger partial charge in [0.15, 0.2) is 0 Å². The Bertz CT molecular complexity index is 431. The maximum atomic E-state index is 6.73. The smallest absolute Gasteiger partial charge is 0.0500 e. The van der Waals surface area contributed by atoms with Gasteiger partial charge in [-0.05, 0) is 62.9 Å². The molecule has 0 bridgehead atoms. The first-order valence-electron chi connectivity index (χ1n) is 7.65. The molecule has 1 aliphatic carbocycles. The lowest BCUT2D eigenvalue weighted by Crippen LogP contribution is -2.52. The van der Waals surface area contributed by atoms with Crippen molar-refractivity contribution in [3.63, 3.8) is 0 Å². The Balaban J connectivity index is 1.94. The van der Waals surface area contributed by atoms with E-state index in [-0.39, 0.29) is 11.6 Å². The quantitative estimate of drug-likeness (QED) is 0.907. The molecule has 19 heavy (non-hydrogen) atoms. The van der Waals surface area contributed by atoms with Crippen molar-refractivity contribution in [1.29, 1.82) is 0 Å². The molecule has 1 aromatic rings. The van der Waals surface area contributed by atoms with Crippen molar-refractivity contribution in [1.82, 2.24) is 9.88 Å². The number of rotatable bonds is 3. The maximum absolute atomic E-state index is 6.73. The highest BCUT2D eigenvalue weighted by molar-refractivity contribution is 5.29. The maximum Gasteiger partial charge on any atom is 0.0500 e. The number of nitrogens with two attached hydrogens (primary N) is 1. The molecule has 3 heteroatoms. The summed E-state index contributed by atoms with van der Waals surface area (Å²) in [4.78, 5) is 6.97. The lowest BCUT2D eigenvalue weighted by Gasteiger charge is -2.44. The van der Waals surface area contributed by atoms with Crippen LogP contribution in [-0.2, 0) is 0 Å². The van der Waals surface area contributed by atoms with Gasteiger partial charge in [0, 0.05) is 24.0 Å². The third-order valence-electron chi connectivity index (χ3n) is 5.20. The summed E-state index contributed by atoms with van der Waals surface area (Å²) in [5.41, 5.74) is 9.46. The highest BCUT2D eigenvalue weighted by Crippen LogP contribution is 2.45. The van der Waals surface area contributed by atoms with E-state index in [1.54, 1.807) is 0 Å². The molecular formula is C16H25N3. The van der Waals surface area contributed by atoms with Gasteiger partial charge in [0.1, 0.15) is 0 Å². The van der Waals surface area contributed by atoms with E-state index in [2.05, 4.69) is 22.9 Å². The van der Waals surface area contributed by atoms with E-state index in [1.807, 2.05) is 12.4 Å².